The van der Waals surface area contributed by atoms with E-state index < -0.39 is 0 Å². The molecule has 1 aromatic carbocycles. The van der Waals surface area contributed by atoms with E-state index >= 15 is 0 Å². The zero-order valence-electron chi connectivity index (χ0n) is 9.61. The van der Waals surface area contributed by atoms with E-state index in [-0.39, 0.29) is 12.4 Å². The predicted molar refractivity (Wildman–Crippen MR) is 67.0 cm³/mol. The molecule has 4 nitrogen and oxygen atoms in total. The summed E-state index contributed by atoms with van der Waals surface area (Å²) in [6, 6.07) is 7.60. The van der Waals surface area contributed by atoms with Gasteiger partial charge in [0.05, 0.1) is 0 Å². The van der Waals surface area contributed by atoms with Crippen molar-refractivity contribution in [3.63, 3.8) is 0 Å². The van der Waals surface area contributed by atoms with Crippen LogP contribution in [0.1, 0.15) is 18.9 Å². The third-order valence-corrected chi connectivity index (χ3v) is 2.51. The largest absolute Gasteiger partial charge is 0.396 e. The van der Waals surface area contributed by atoms with Crippen LogP contribution in [0.3, 0.4) is 0 Å². The van der Waals surface area contributed by atoms with Crippen LogP contribution in [-0.2, 0) is 0 Å². The Labute approximate surface area is 96.2 Å². The molecule has 0 aliphatic rings. The molecule has 0 aliphatic heterocycles. The number of aliphatic hydroxyl groups excluding tert-OH is 1. The molecule has 0 spiro atoms. The first-order chi connectivity index (χ1) is 7.69. The van der Waals surface area contributed by atoms with Crippen LogP contribution >= 0.6 is 0 Å². The lowest BCUT2D eigenvalue weighted by Crippen LogP contribution is -2.24. The van der Waals surface area contributed by atoms with Crippen molar-refractivity contribution in [2.75, 3.05) is 24.6 Å². The van der Waals surface area contributed by atoms with Crippen LogP contribution in [0, 0.1) is 5.41 Å². The molecule has 0 aromatic heterocycles. The topological polar surface area (TPSA) is 73.3 Å². The first-order valence-corrected chi connectivity index (χ1v) is 5.49. The van der Waals surface area contributed by atoms with Gasteiger partial charge in [0.25, 0.3) is 0 Å². The number of hydrogen-bond donors (Lipinski definition) is 3. The second-order valence-electron chi connectivity index (χ2n) is 3.62. The number of nitrogens with one attached hydrogen (secondary N) is 1. The van der Waals surface area contributed by atoms with Crippen molar-refractivity contribution in [3.05, 3.63) is 29.8 Å². The lowest BCUT2D eigenvalue weighted by Gasteiger charge is -2.22. The van der Waals surface area contributed by atoms with Crippen molar-refractivity contribution in [2.24, 2.45) is 5.73 Å². The van der Waals surface area contributed by atoms with Crippen LogP contribution < -0.4 is 10.6 Å². The summed E-state index contributed by atoms with van der Waals surface area (Å²) in [5, 5.41) is 16.1. The van der Waals surface area contributed by atoms with Crippen molar-refractivity contribution in [2.45, 2.75) is 13.3 Å². The van der Waals surface area contributed by atoms with E-state index in [1.54, 1.807) is 0 Å². The summed E-state index contributed by atoms with van der Waals surface area (Å²) in [5.74, 6) is 0.0879. The standard InChI is InChI=1S/C12H19N3O/c1-2-15(8-3-9-16)11-6-4-10(5-7-11)12(13)14/h4-7,16H,2-3,8-9H2,1H3,(H3,13,14). The number of benzene rings is 1. The zero-order valence-corrected chi connectivity index (χ0v) is 9.61. The van der Waals surface area contributed by atoms with Gasteiger partial charge in [0, 0.05) is 30.9 Å². The van der Waals surface area contributed by atoms with E-state index in [2.05, 4.69) is 11.8 Å². The summed E-state index contributed by atoms with van der Waals surface area (Å²) < 4.78 is 0. The van der Waals surface area contributed by atoms with Gasteiger partial charge in [0.2, 0.25) is 0 Å². The number of nitrogens with two attached hydrogens (primary N) is 1. The van der Waals surface area contributed by atoms with E-state index in [9.17, 15) is 0 Å². The quantitative estimate of drug-likeness (QED) is 0.499. The number of nitrogens with zero attached hydrogens (tertiary/aromatic N) is 1. The molecule has 0 unspecified atom stereocenters. The van der Waals surface area contributed by atoms with Gasteiger partial charge in [-0.3, -0.25) is 5.41 Å². The fourth-order valence-electron chi connectivity index (χ4n) is 1.58. The fourth-order valence-corrected chi connectivity index (χ4v) is 1.58. The number of hydrogen-bond acceptors (Lipinski definition) is 3. The molecule has 0 atom stereocenters. The van der Waals surface area contributed by atoms with Gasteiger partial charge in [-0.1, -0.05) is 0 Å². The maximum atomic E-state index is 8.80. The Morgan fingerprint density at radius 1 is 1.38 bits per heavy atom. The third kappa shape index (κ3) is 3.24. The fraction of sp³-hybridized carbons (Fsp3) is 0.417. The minimum absolute atomic E-state index is 0.0879. The first kappa shape index (κ1) is 12.5. The maximum Gasteiger partial charge on any atom is 0.122 e. The van der Waals surface area contributed by atoms with Gasteiger partial charge in [-0.25, -0.2) is 0 Å². The molecule has 16 heavy (non-hydrogen) atoms. The summed E-state index contributed by atoms with van der Waals surface area (Å²) in [7, 11) is 0. The number of rotatable bonds is 6. The Hall–Kier alpha value is -1.55. The minimum atomic E-state index is 0.0879. The maximum absolute atomic E-state index is 8.80. The summed E-state index contributed by atoms with van der Waals surface area (Å²) in [4.78, 5) is 2.18. The number of aliphatic hydroxyl groups is 1. The van der Waals surface area contributed by atoms with Crippen LogP contribution in [0.5, 0.6) is 0 Å². The lowest BCUT2D eigenvalue weighted by atomic mass is 10.2. The Morgan fingerprint density at radius 2 is 2.00 bits per heavy atom. The van der Waals surface area contributed by atoms with Crippen LogP contribution in [0.2, 0.25) is 0 Å². The smallest absolute Gasteiger partial charge is 0.122 e. The molecule has 88 valence electrons. The second-order valence-corrected chi connectivity index (χ2v) is 3.62. The predicted octanol–water partition coefficient (Wildman–Crippen LogP) is 1.18. The molecule has 0 aliphatic carbocycles. The Bertz CT molecular complexity index is 335. The van der Waals surface area contributed by atoms with E-state index in [1.807, 2.05) is 24.3 Å². The average Bonchev–Trinajstić information content (AvgIpc) is 2.30. The van der Waals surface area contributed by atoms with Crippen molar-refractivity contribution in [1.29, 1.82) is 5.41 Å². The second kappa shape index (κ2) is 6.12. The van der Waals surface area contributed by atoms with Crippen molar-refractivity contribution < 1.29 is 5.11 Å². The van der Waals surface area contributed by atoms with Crippen LogP contribution in [0.15, 0.2) is 24.3 Å². The highest BCUT2D eigenvalue weighted by atomic mass is 16.3. The van der Waals surface area contributed by atoms with Gasteiger partial charge in [0.1, 0.15) is 5.84 Å². The molecule has 1 aromatic rings. The van der Waals surface area contributed by atoms with E-state index in [4.69, 9.17) is 16.2 Å². The van der Waals surface area contributed by atoms with Gasteiger partial charge < -0.3 is 15.7 Å². The summed E-state index contributed by atoms with van der Waals surface area (Å²) in [6.07, 6.45) is 0.766. The summed E-state index contributed by atoms with van der Waals surface area (Å²) in [6.45, 7) is 4.03. The summed E-state index contributed by atoms with van der Waals surface area (Å²) in [5.41, 5.74) is 7.23. The Balaban J connectivity index is 2.74. The molecular weight excluding hydrogens is 202 g/mol. The molecule has 0 saturated heterocycles. The highest BCUT2D eigenvalue weighted by Gasteiger charge is 2.04. The normalized spacial score (nSPS) is 10.1. The third-order valence-electron chi connectivity index (χ3n) is 2.51. The van der Waals surface area contributed by atoms with Gasteiger partial charge in [-0.2, -0.15) is 0 Å². The van der Waals surface area contributed by atoms with Crippen LogP contribution in [0.4, 0.5) is 5.69 Å². The minimum Gasteiger partial charge on any atom is -0.396 e. The van der Waals surface area contributed by atoms with E-state index in [1.165, 1.54) is 0 Å². The van der Waals surface area contributed by atoms with Gasteiger partial charge in [-0.15, -0.1) is 0 Å². The van der Waals surface area contributed by atoms with Crippen molar-refractivity contribution >= 4 is 11.5 Å². The molecule has 4 N–H and O–H groups in total. The molecule has 1 rings (SSSR count). The molecular formula is C12H19N3O. The first-order valence-electron chi connectivity index (χ1n) is 5.49. The Morgan fingerprint density at radius 3 is 2.44 bits per heavy atom. The number of nitrogen functional groups attached to an aromatic ring is 1. The molecule has 0 saturated carbocycles. The Kier molecular flexibility index (Phi) is 4.79. The van der Waals surface area contributed by atoms with E-state index in [0.717, 1.165) is 30.8 Å². The van der Waals surface area contributed by atoms with Crippen molar-refractivity contribution in [3.8, 4) is 0 Å². The highest BCUT2D eigenvalue weighted by molar-refractivity contribution is 5.95. The highest BCUT2D eigenvalue weighted by Crippen LogP contribution is 2.15. The lowest BCUT2D eigenvalue weighted by molar-refractivity contribution is 0.289. The van der Waals surface area contributed by atoms with Crippen LogP contribution in [0.25, 0.3) is 0 Å². The van der Waals surface area contributed by atoms with Crippen LogP contribution in [-0.4, -0.2) is 30.6 Å². The molecule has 0 amide bonds. The SMILES string of the molecule is CCN(CCCO)c1ccc(C(=N)N)cc1. The molecule has 0 fully saturated rings. The average molecular weight is 221 g/mol. The van der Waals surface area contributed by atoms with Gasteiger partial charge in [-0.05, 0) is 37.6 Å². The monoisotopic (exact) mass is 221 g/mol. The van der Waals surface area contributed by atoms with Crippen molar-refractivity contribution in [1.82, 2.24) is 0 Å². The number of amidine groups is 1. The summed E-state index contributed by atoms with van der Waals surface area (Å²) >= 11 is 0. The molecule has 0 bridgehead atoms. The number of anilines is 1. The van der Waals surface area contributed by atoms with Gasteiger partial charge in [0.15, 0.2) is 0 Å². The van der Waals surface area contributed by atoms with Gasteiger partial charge >= 0.3 is 0 Å². The van der Waals surface area contributed by atoms with E-state index in [0.29, 0.717) is 0 Å². The molecule has 4 heteroatoms. The zero-order chi connectivity index (χ0) is 12.0. The molecule has 0 heterocycles. The molecule has 0 radical (unpaired) electrons.